The smallest absolute Gasteiger partial charge is 0.771 e. The summed E-state index contributed by atoms with van der Waals surface area (Å²) in [5, 5.41) is 0. The van der Waals surface area contributed by atoms with E-state index in [0.717, 1.165) is 0 Å². The third-order valence-electron chi connectivity index (χ3n) is 0.330. The van der Waals surface area contributed by atoms with Crippen molar-refractivity contribution in [3.63, 3.8) is 0 Å². The van der Waals surface area contributed by atoms with Crippen LogP contribution in [-0.4, -0.2) is 19.4 Å². The average molecular weight is 185 g/mol. The standard InChI is InChI=1S/C2H4Cl2O2S.Na/c3-1-2(4)7(5)6;/h2H,1H2,(H,5,6);/q;+1/p-1. The van der Waals surface area contributed by atoms with E-state index in [9.17, 15) is 8.76 Å². The molecular weight excluding hydrogens is 182 g/mol. The van der Waals surface area contributed by atoms with Gasteiger partial charge in [0.2, 0.25) is 0 Å². The van der Waals surface area contributed by atoms with E-state index in [0.29, 0.717) is 0 Å². The number of hydrogen-bond acceptors (Lipinski definition) is 2. The third kappa shape index (κ3) is 5.82. The van der Waals surface area contributed by atoms with Crippen LogP contribution in [0.15, 0.2) is 0 Å². The topological polar surface area (TPSA) is 40.1 Å². The summed E-state index contributed by atoms with van der Waals surface area (Å²) in [6, 6.07) is 0. The van der Waals surface area contributed by atoms with E-state index < -0.39 is 15.8 Å². The van der Waals surface area contributed by atoms with Crippen molar-refractivity contribution in [3.05, 3.63) is 0 Å². The summed E-state index contributed by atoms with van der Waals surface area (Å²) in [5.74, 6) is -0.0579. The Labute approximate surface area is 82.5 Å². The van der Waals surface area contributed by atoms with Crippen LogP contribution in [0.1, 0.15) is 0 Å². The van der Waals surface area contributed by atoms with Gasteiger partial charge in [-0.15, -0.1) is 23.2 Å². The first kappa shape index (κ1) is 12.4. The van der Waals surface area contributed by atoms with Crippen molar-refractivity contribution in [3.8, 4) is 0 Å². The molecular formula is C2H3Cl2NaO2S. The maximum Gasteiger partial charge on any atom is 1.00 e. The molecule has 2 nitrogen and oxygen atoms in total. The van der Waals surface area contributed by atoms with Gasteiger partial charge in [-0.2, -0.15) is 0 Å². The van der Waals surface area contributed by atoms with Gasteiger partial charge in [0.1, 0.15) is 4.71 Å². The molecule has 0 aliphatic heterocycles. The van der Waals surface area contributed by atoms with Gasteiger partial charge in [0.05, 0.1) is 0 Å². The molecule has 0 aromatic rings. The van der Waals surface area contributed by atoms with Gasteiger partial charge in [-0.05, 0) is 11.1 Å². The summed E-state index contributed by atoms with van der Waals surface area (Å²) >= 11 is 7.85. The second-order valence-corrected chi connectivity index (χ2v) is 3.01. The third-order valence-corrected chi connectivity index (χ3v) is 2.15. The van der Waals surface area contributed by atoms with E-state index in [1.807, 2.05) is 0 Å². The van der Waals surface area contributed by atoms with Crippen LogP contribution in [0.4, 0.5) is 0 Å². The van der Waals surface area contributed by atoms with Crippen molar-refractivity contribution < 1.29 is 38.3 Å². The largest absolute Gasteiger partial charge is 1.00 e. The zero-order chi connectivity index (χ0) is 5.86. The second kappa shape index (κ2) is 6.81. The molecule has 0 spiro atoms. The molecule has 0 aromatic carbocycles. The fourth-order valence-corrected chi connectivity index (χ4v) is 0.463. The summed E-state index contributed by atoms with van der Waals surface area (Å²) in [5.41, 5.74) is 0. The van der Waals surface area contributed by atoms with Gasteiger partial charge in [-0.3, -0.25) is 4.21 Å². The molecule has 0 fully saturated rings. The van der Waals surface area contributed by atoms with Gasteiger partial charge < -0.3 is 4.55 Å². The summed E-state index contributed by atoms with van der Waals surface area (Å²) in [6.07, 6.45) is 0. The first-order valence-corrected chi connectivity index (χ1v) is 3.57. The minimum Gasteiger partial charge on any atom is -0.771 e. The van der Waals surface area contributed by atoms with Crippen molar-refractivity contribution in [1.82, 2.24) is 0 Å². The summed E-state index contributed by atoms with van der Waals surface area (Å²) < 4.78 is 18.5. The fraction of sp³-hybridized carbons (Fsp3) is 1.00. The van der Waals surface area contributed by atoms with Crippen LogP contribution in [0.5, 0.6) is 0 Å². The second-order valence-electron chi connectivity index (χ2n) is 0.825. The molecule has 0 aliphatic rings. The van der Waals surface area contributed by atoms with E-state index in [4.69, 9.17) is 23.2 Å². The molecule has 0 radical (unpaired) electrons. The number of alkyl halides is 2. The van der Waals surface area contributed by atoms with Gasteiger partial charge in [-0.1, -0.05) is 0 Å². The summed E-state index contributed by atoms with van der Waals surface area (Å²) in [4.78, 5) is 0. The predicted molar refractivity (Wildman–Crippen MR) is 29.3 cm³/mol. The van der Waals surface area contributed by atoms with Gasteiger partial charge in [0, 0.05) is 5.88 Å². The molecule has 8 heavy (non-hydrogen) atoms. The summed E-state index contributed by atoms with van der Waals surface area (Å²) in [6.45, 7) is 0. The maximum absolute atomic E-state index is 9.71. The van der Waals surface area contributed by atoms with E-state index in [2.05, 4.69) is 0 Å². The SMILES string of the molecule is O=S([O-])C(Cl)CCl.[Na+]. The zero-order valence-electron chi connectivity index (χ0n) is 4.27. The van der Waals surface area contributed by atoms with Crippen molar-refractivity contribution in [1.29, 1.82) is 0 Å². The van der Waals surface area contributed by atoms with Crippen LogP contribution in [0.25, 0.3) is 0 Å². The number of halogens is 2. The molecule has 2 atom stereocenters. The van der Waals surface area contributed by atoms with Gasteiger partial charge in [0.25, 0.3) is 0 Å². The van der Waals surface area contributed by atoms with Crippen molar-refractivity contribution in [2.75, 3.05) is 5.88 Å². The Morgan fingerprint density at radius 2 is 2.12 bits per heavy atom. The van der Waals surface area contributed by atoms with Crippen LogP contribution in [0.3, 0.4) is 0 Å². The van der Waals surface area contributed by atoms with Gasteiger partial charge >= 0.3 is 29.6 Å². The number of hydrogen-bond donors (Lipinski definition) is 0. The van der Waals surface area contributed by atoms with E-state index >= 15 is 0 Å². The number of rotatable bonds is 2. The maximum atomic E-state index is 9.71. The van der Waals surface area contributed by atoms with Crippen LogP contribution in [-0.2, 0) is 11.1 Å². The van der Waals surface area contributed by atoms with Crippen LogP contribution < -0.4 is 29.6 Å². The predicted octanol–water partition coefficient (Wildman–Crippen LogP) is -2.33. The molecule has 0 rings (SSSR count). The van der Waals surface area contributed by atoms with Crippen LogP contribution >= 0.6 is 23.2 Å². The first-order valence-electron chi connectivity index (χ1n) is 1.46. The molecule has 6 heteroatoms. The quantitative estimate of drug-likeness (QED) is 0.275. The van der Waals surface area contributed by atoms with Crippen molar-refractivity contribution in [2.24, 2.45) is 0 Å². The Hall–Kier alpha value is 1.69. The minimum atomic E-state index is -2.23. The molecule has 0 heterocycles. The normalized spacial score (nSPS) is 16.4. The Balaban J connectivity index is 0. The molecule has 0 aliphatic carbocycles. The first-order chi connectivity index (χ1) is 3.18. The average Bonchev–Trinajstić information content (AvgIpc) is 1.65. The van der Waals surface area contributed by atoms with Gasteiger partial charge in [0.15, 0.2) is 0 Å². The molecule has 0 amide bonds. The Morgan fingerprint density at radius 3 is 2.12 bits per heavy atom. The Bertz CT molecular complexity index is 80.4. The fourth-order valence-electron chi connectivity index (χ4n) is 0.0514. The molecule has 2 unspecified atom stereocenters. The van der Waals surface area contributed by atoms with Crippen LogP contribution in [0, 0.1) is 0 Å². The van der Waals surface area contributed by atoms with Crippen molar-refractivity contribution in [2.45, 2.75) is 4.71 Å². The molecule has 0 saturated carbocycles. The monoisotopic (exact) mass is 184 g/mol. The van der Waals surface area contributed by atoms with Gasteiger partial charge in [-0.25, -0.2) is 0 Å². The van der Waals surface area contributed by atoms with Crippen LogP contribution in [0.2, 0.25) is 0 Å². The summed E-state index contributed by atoms with van der Waals surface area (Å²) in [7, 11) is 0. The molecule has 0 aromatic heterocycles. The van der Waals surface area contributed by atoms with E-state index in [1.165, 1.54) is 0 Å². The Morgan fingerprint density at radius 1 is 1.75 bits per heavy atom. The molecule has 44 valence electrons. The van der Waals surface area contributed by atoms with E-state index in [-0.39, 0.29) is 35.4 Å². The minimum absolute atomic E-state index is 0. The molecule has 0 saturated heterocycles. The molecule has 0 bridgehead atoms. The molecule has 0 N–H and O–H groups in total. The van der Waals surface area contributed by atoms with E-state index in [1.54, 1.807) is 0 Å². The zero-order valence-corrected chi connectivity index (χ0v) is 8.59. The Kier molecular flexibility index (Phi) is 10.5. The van der Waals surface area contributed by atoms with Crippen molar-refractivity contribution >= 4 is 34.3 Å².